The van der Waals surface area contributed by atoms with Gasteiger partial charge in [0.05, 0.1) is 0 Å². The van der Waals surface area contributed by atoms with Gasteiger partial charge in [0.2, 0.25) is 0 Å². The summed E-state index contributed by atoms with van der Waals surface area (Å²) in [5.41, 5.74) is 0.607. The van der Waals surface area contributed by atoms with Crippen LogP contribution in [-0.4, -0.2) is 37.6 Å². The van der Waals surface area contributed by atoms with Crippen molar-refractivity contribution in [3.8, 4) is 0 Å². The lowest BCUT2D eigenvalue weighted by molar-refractivity contribution is 0.0713. The lowest BCUT2D eigenvalue weighted by Gasteiger charge is -2.44. The van der Waals surface area contributed by atoms with Crippen LogP contribution in [0.3, 0.4) is 0 Å². The van der Waals surface area contributed by atoms with Gasteiger partial charge < -0.3 is 10.2 Å². The first-order chi connectivity index (χ1) is 9.69. The topological polar surface area (TPSA) is 15.3 Å². The molecule has 0 aromatic carbocycles. The molecule has 118 valence electrons. The van der Waals surface area contributed by atoms with Gasteiger partial charge in [0, 0.05) is 12.6 Å². The molecule has 1 heterocycles. The highest BCUT2D eigenvalue weighted by Crippen LogP contribution is 2.37. The van der Waals surface area contributed by atoms with Crippen LogP contribution in [0, 0.1) is 11.3 Å². The summed E-state index contributed by atoms with van der Waals surface area (Å²) in [5.74, 6) is 1.02. The summed E-state index contributed by atoms with van der Waals surface area (Å²) in [4.78, 5) is 2.73. The van der Waals surface area contributed by atoms with Crippen LogP contribution < -0.4 is 5.32 Å². The number of rotatable bonds is 6. The Morgan fingerprint density at radius 3 is 2.25 bits per heavy atom. The van der Waals surface area contributed by atoms with E-state index in [1.54, 1.807) is 0 Å². The molecule has 0 amide bonds. The molecule has 2 rings (SSSR count). The van der Waals surface area contributed by atoms with Crippen molar-refractivity contribution >= 4 is 0 Å². The minimum atomic E-state index is 0.607. The number of hydrogen-bond acceptors (Lipinski definition) is 2. The molecule has 1 aliphatic carbocycles. The van der Waals surface area contributed by atoms with Gasteiger partial charge in [-0.3, -0.25) is 0 Å². The van der Waals surface area contributed by atoms with Crippen LogP contribution in [0.4, 0.5) is 0 Å². The number of hydrogen-bond donors (Lipinski definition) is 1. The number of piperidine rings is 1. The van der Waals surface area contributed by atoms with Crippen LogP contribution in [-0.2, 0) is 0 Å². The highest BCUT2D eigenvalue weighted by Gasteiger charge is 2.34. The summed E-state index contributed by atoms with van der Waals surface area (Å²) in [6.07, 6.45) is 12.7. The van der Waals surface area contributed by atoms with Crippen LogP contribution in [0.2, 0.25) is 0 Å². The monoisotopic (exact) mass is 280 g/mol. The predicted molar refractivity (Wildman–Crippen MR) is 88.1 cm³/mol. The fraction of sp³-hybridized carbons (Fsp3) is 1.00. The molecule has 0 unspecified atom stereocenters. The van der Waals surface area contributed by atoms with Crippen LogP contribution in [0.25, 0.3) is 0 Å². The molecule has 0 aromatic rings. The van der Waals surface area contributed by atoms with Crippen molar-refractivity contribution in [2.75, 3.05) is 26.7 Å². The van der Waals surface area contributed by atoms with E-state index in [1.165, 1.54) is 77.4 Å². The van der Waals surface area contributed by atoms with Gasteiger partial charge in [-0.2, -0.15) is 0 Å². The first-order valence-corrected chi connectivity index (χ1v) is 9.10. The second kappa shape index (κ2) is 7.79. The Kier molecular flexibility index (Phi) is 6.35. The second-order valence-corrected chi connectivity index (χ2v) is 7.50. The van der Waals surface area contributed by atoms with E-state index in [0.29, 0.717) is 5.41 Å². The Hall–Kier alpha value is -0.0800. The van der Waals surface area contributed by atoms with E-state index < -0.39 is 0 Å². The molecule has 2 aliphatic rings. The molecule has 0 atom stereocenters. The van der Waals surface area contributed by atoms with E-state index in [1.807, 2.05) is 0 Å². The Labute approximate surface area is 126 Å². The van der Waals surface area contributed by atoms with Crippen LogP contribution in [0.5, 0.6) is 0 Å². The van der Waals surface area contributed by atoms with Crippen molar-refractivity contribution in [1.82, 2.24) is 10.2 Å². The van der Waals surface area contributed by atoms with E-state index in [-0.39, 0.29) is 0 Å². The fourth-order valence-corrected chi connectivity index (χ4v) is 4.63. The van der Waals surface area contributed by atoms with Crippen molar-refractivity contribution in [1.29, 1.82) is 0 Å². The highest BCUT2D eigenvalue weighted by molar-refractivity contribution is 4.89. The molecule has 1 saturated carbocycles. The maximum atomic E-state index is 3.55. The molecule has 1 saturated heterocycles. The highest BCUT2D eigenvalue weighted by atomic mass is 15.1. The average molecular weight is 280 g/mol. The summed E-state index contributed by atoms with van der Waals surface area (Å²) in [6, 6.07) is 0.862. The molecule has 20 heavy (non-hydrogen) atoms. The van der Waals surface area contributed by atoms with Crippen LogP contribution in [0.15, 0.2) is 0 Å². The van der Waals surface area contributed by atoms with Crippen molar-refractivity contribution in [2.24, 2.45) is 11.3 Å². The lowest BCUT2D eigenvalue weighted by Crippen LogP contribution is -2.47. The molecule has 0 aromatic heterocycles. The van der Waals surface area contributed by atoms with Gasteiger partial charge in [0.15, 0.2) is 0 Å². The summed E-state index contributed by atoms with van der Waals surface area (Å²) < 4.78 is 0. The normalized spacial score (nSPS) is 30.6. The standard InChI is InChI=1S/C18H36N2/c1-4-10-18(11-13-19-14-12-18)15-20(3)17-8-6-16(5-2)7-9-17/h16-17,19H,4-15H2,1-3H3. The predicted octanol–water partition coefficient (Wildman–Crippen LogP) is 4.06. The van der Waals surface area contributed by atoms with Gasteiger partial charge in [-0.25, -0.2) is 0 Å². The van der Waals surface area contributed by atoms with Gasteiger partial charge >= 0.3 is 0 Å². The Morgan fingerprint density at radius 2 is 1.70 bits per heavy atom. The van der Waals surface area contributed by atoms with E-state index >= 15 is 0 Å². The molecule has 1 N–H and O–H groups in total. The van der Waals surface area contributed by atoms with Gasteiger partial charge in [-0.15, -0.1) is 0 Å². The van der Waals surface area contributed by atoms with Gasteiger partial charge in [0.1, 0.15) is 0 Å². The van der Waals surface area contributed by atoms with Gasteiger partial charge in [-0.1, -0.05) is 26.7 Å². The third-order valence-corrected chi connectivity index (χ3v) is 6.05. The van der Waals surface area contributed by atoms with Gasteiger partial charge in [0.25, 0.3) is 0 Å². The summed E-state index contributed by atoms with van der Waals surface area (Å²) in [6.45, 7) is 8.52. The maximum Gasteiger partial charge on any atom is 0.00926 e. The quantitative estimate of drug-likeness (QED) is 0.789. The zero-order chi connectivity index (χ0) is 14.4. The zero-order valence-corrected chi connectivity index (χ0v) is 14.1. The SMILES string of the molecule is CCCC1(CN(C)C2CCC(CC)CC2)CCNCC1. The number of nitrogens with one attached hydrogen (secondary N) is 1. The average Bonchev–Trinajstić information content (AvgIpc) is 2.48. The molecule has 2 heteroatoms. The van der Waals surface area contributed by atoms with Crippen molar-refractivity contribution in [3.05, 3.63) is 0 Å². The molecule has 2 nitrogen and oxygen atoms in total. The summed E-state index contributed by atoms with van der Waals surface area (Å²) in [5, 5.41) is 3.55. The van der Waals surface area contributed by atoms with E-state index in [4.69, 9.17) is 0 Å². The van der Waals surface area contributed by atoms with Crippen molar-refractivity contribution in [2.45, 2.75) is 77.7 Å². The minimum Gasteiger partial charge on any atom is -0.317 e. The Morgan fingerprint density at radius 1 is 1.05 bits per heavy atom. The second-order valence-electron chi connectivity index (χ2n) is 7.50. The molecular weight excluding hydrogens is 244 g/mol. The molecular formula is C18H36N2. The van der Waals surface area contributed by atoms with Crippen molar-refractivity contribution in [3.63, 3.8) is 0 Å². The summed E-state index contributed by atoms with van der Waals surface area (Å²) >= 11 is 0. The Bertz CT molecular complexity index is 257. The van der Waals surface area contributed by atoms with E-state index in [2.05, 4.69) is 31.1 Å². The van der Waals surface area contributed by atoms with Crippen LogP contribution in [0.1, 0.15) is 71.6 Å². The summed E-state index contributed by atoms with van der Waals surface area (Å²) in [7, 11) is 2.40. The zero-order valence-electron chi connectivity index (χ0n) is 14.1. The van der Waals surface area contributed by atoms with Crippen molar-refractivity contribution < 1.29 is 0 Å². The molecule has 0 bridgehead atoms. The first kappa shape index (κ1) is 16.3. The molecule has 0 spiro atoms. The minimum absolute atomic E-state index is 0.607. The molecule has 2 fully saturated rings. The van der Waals surface area contributed by atoms with E-state index in [0.717, 1.165) is 12.0 Å². The van der Waals surface area contributed by atoms with E-state index in [9.17, 15) is 0 Å². The maximum absolute atomic E-state index is 3.55. The fourth-order valence-electron chi connectivity index (χ4n) is 4.63. The molecule has 1 aliphatic heterocycles. The Balaban J connectivity index is 1.86. The molecule has 0 radical (unpaired) electrons. The third-order valence-electron chi connectivity index (χ3n) is 6.05. The van der Waals surface area contributed by atoms with Gasteiger partial charge in [-0.05, 0) is 76.4 Å². The third kappa shape index (κ3) is 4.21. The van der Waals surface area contributed by atoms with Crippen LogP contribution >= 0.6 is 0 Å². The lowest BCUT2D eigenvalue weighted by atomic mass is 9.74. The number of nitrogens with zero attached hydrogens (tertiary/aromatic N) is 1. The first-order valence-electron chi connectivity index (χ1n) is 9.10. The smallest absolute Gasteiger partial charge is 0.00926 e. The largest absolute Gasteiger partial charge is 0.317 e.